The molecule has 9 nitrogen and oxygen atoms in total. The molecule has 1 unspecified atom stereocenters. The van der Waals surface area contributed by atoms with Gasteiger partial charge in [0.15, 0.2) is 0 Å². The summed E-state index contributed by atoms with van der Waals surface area (Å²) in [5.41, 5.74) is 4.79. The second kappa shape index (κ2) is 9.93. The predicted molar refractivity (Wildman–Crippen MR) is 142 cm³/mol. The number of carbonyl (C=O) groups excluding carboxylic acids is 1. The number of pyridine rings is 1. The topological polar surface area (TPSA) is 107 Å². The van der Waals surface area contributed by atoms with Gasteiger partial charge in [-0.1, -0.05) is 12.5 Å². The molecule has 6 rings (SSSR count). The van der Waals surface area contributed by atoms with Crippen LogP contribution in [0.2, 0.25) is 0 Å². The minimum Gasteiger partial charge on any atom is -0.481 e. The van der Waals surface area contributed by atoms with E-state index >= 15 is 0 Å². The number of nitrogens with zero attached hydrogens (tertiary/aromatic N) is 4. The zero-order valence-corrected chi connectivity index (χ0v) is 21.9. The Bertz CT molecular complexity index is 1360. The van der Waals surface area contributed by atoms with Crippen LogP contribution in [0, 0.1) is 5.92 Å². The van der Waals surface area contributed by atoms with Crippen LogP contribution in [-0.2, 0) is 22.4 Å². The first-order valence-corrected chi connectivity index (χ1v) is 13.7. The fourth-order valence-corrected chi connectivity index (χ4v) is 6.10. The average Bonchev–Trinajstić information content (AvgIpc) is 3.66. The lowest BCUT2D eigenvalue weighted by molar-refractivity contribution is -0.143. The Hall–Kier alpha value is -3.62. The number of hydrogen-bond donors (Lipinski definition) is 1. The monoisotopic (exact) mass is 518 g/mol. The standard InChI is InChI=1S/C29H34N4O5/c1-17-6-10-22-23(32(17)29(36)37-2)11-12-24-27(22)31-25(33(24)20-5-3-4-19(15-20)28(34)35)14-18-7-13-26(30-16-18)38-21-8-9-21/h7,11-13,16-17,19-21H,3-6,8-10,14-15H2,1-2H3,(H,34,35)/t17?,19-,20-/m1/s1. The lowest BCUT2D eigenvalue weighted by atomic mass is 9.85. The van der Waals surface area contributed by atoms with Crippen molar-refractivity contribution in [3.63, 3.8) is 0 Å². The molecule has 0 saturated heterocycles. The molecule has 2 fully saturated rings. The van der Waals surface area contributed by atoms with Gasteiger partial charge in [0.2, 0.25) is 5.88 Å². The SMILES string of the molecule is COC(=O)N1c2ccc3c(nc(Cc4ccc(OC5CC5)nc4)n3[C@@H]3CCC[C@@H](C(=O)O)C3)c2CCC1C. The highest BCUT2D eigenvalue weighted by molar-refractivity contribution is 5.95. The lowest BCUT2D eigenvalue weighted by Crippen LogP contribution is -2.42. The van der Waals surface area contributed by atoms with Crippen LogP contribution >= 0.6 is 0 Å². The summed E-state index contributed by atoms with van der Waals surface area (Å²) in [4.78, 5) is 35.9. The van der Waals surface area contributed by atoms with Gasteiger partial charge < -0.3 is 19.1 Å². The van der Waals surface area contributed by atoms with Gasteiger partial charge in [0.05, 0.1) is 29.7 Å². The van der Waals surface area contributed by atoms with E-state index < -0.39 is 5.97 Å². The first-order valence-electron chi connectivity index (χ1n) is 13.7. The van der Waals surface area contributed by atoms with Gasteiger partial charge in [-0.2, -0.15) is 0 Å². The first-order chi connectivity index (χ1) is 18.4. The molecule has 2 saturated carbocycles. The molecule has 0 spiro atoms. The molecule has 0 bridgehead atoms. The summed E-state index contributed by atoms with van der Waals surface area (Å²) in [5, 5.41) is 9.76. The van der Waals surface area contributed by atoms with Gasteiger partial charge in [-0.25, -0.2) is 14.8 Å². The largest absolute Gasteiger partial charge is 0.481 e. The molecule has 0 radical (unpaired) electrons. The van der Waals surface area contributed by atoms with Crippen molar-refractivity contribution in [2.24, 2.45) is 5.92 Å². The third-order valence-electron chi connectivity index (χ3n) is 8.23. The van der Waals surface area contributed by atoms with Crippen LogP contribution in [0.1, 0.15) is 74.9 Å². The molecule has 200 valence electrons. The highest BCUT2D eigenvalue weighted by atomic mass is 16.5. The number of carboxylic acids is 1. The number of methoxy groups -OCH3 is 1. The number of imidazole rings is 1. The maximum atomic E-state index is 12.6. The van der Waals surface area contributed by atoms with Crippen molar-refractivity contribution >= 4 is 28.8 Å². The number of aryl methyl sites for hydroxylation is 1. The van der Waals surface area contributed by atoms with Crippen LogP contribution in [0.5, 0.6) is 5.88 Å². The zero-order valence-electron chi connectivity index (χ0n) is 21.9. The molecule has 2 aliphatic carbocycles. The number of aromatic nitrogens is 3. The second-order valence-corrected chi connectivity index (χ2v) is 10.9. The number of benzene rings is 1. The Morgan fingerprint density at radius 1 is 1.11 bits per heavy atom. The van der Waals surface area contributed by atoms with Crippen LogP contribution in [0.25, 0.3) is 11.0 Å². The van der Waals surface area contributed by atoms with E-state index in [4.69, 9.17) is 14.5 Å². The van der Waals surface area contributed by atoms with Gasteiger partial charge in [-0.15, -0.1) is 0 Å². The number of carboxylic acid groups (broad SMARTS) is 1. The molecular formula is C29H34N4O5. The van der Waals surface area contributed by atoms with Crippen molar-refractivity contribution in [2.45, 2.75) is 82.9 Å². The second-order valence-electron chi connectivity index (χ2n) is 10.9. The van der Waals surface area contributed by atoms with Crippen LogP contribution in [0.4, 0.5) is 10.5 Å². The van der Waals surface area contributed by atoms with E-state index in [1.165, 1.54) is 7.11 Å². The highest BCUT2D eigenvalue weighted by Gasteiger charge is 2.34. The molecule has 3 aromatic rings. The number of anilines is 1. The molecule has 1 N–H and O–H groups in total. The third-order valence-corrected chi connectivity index (χ3v) is 8.23. The van der Waals surface area contributed by atoms with Crippen LogP contribution in [0.3, 0.4) is 0 Å². The molecule has 3 aliphatic rings. The molecule has 3 atom stereocenters. The summed E-state index contributed by atoms with van der Waals surface area (Å²) >= 11 is 0. The molecule has 9 heteroatoms. The number of aliphatic carboxylic acids is 1. The molecule has 1 aromatic carbocycles. The van der Waals surface area contributed by atoms with Gasteiger partial charge >= 0.3 is 12.1 Å². The Morgan fingerprint density at radius 3 is 2.66 bits per heavy atom. The first kappa shape index (κ1) is 24.7. The summed E-state index contributed by atoms with van der Waals surface area (Å²) in [6, 6.07) is 8.06. The average molecular weight is 519 g/mol. The fourth-order valence-electron chi connectivity index (χ4n) is 6.10. The van der Waals surface area contributed by atoms with Crippen LogP contribution < -0.4 is 9.64 Å². The molecule has 2 aromatic heterocycles. The quantitative estimate of drug-likeness (QED) is 0.473. The molecular weight excluding hydrogens is 484 g/mol. The molecule has 38 heavy (non-hydrogen) atoms. The Morgan fingerprint density at radius 2 is 1.95 bits per heavy atom. The fraction of sp³-hybridized carbons (Fsp3) is 0.517. The highest BCUT2D eigenvalue weighted by Crippen LogP contribution is 2.41. The number of fused-ring (bicyclic) bond motifs is 3. The van der Waals surface area contributed by atoms with E-state index in [2.05, 4.69) is 9.55 Å². The van der Waals surface area contributed by atoms with E-state index in [-0.39, 0.29) is 24.1 Å². The predicted octanol–water partition coefficient (Wildman–Crippen LogP) is 5.29. The number of carbonyl (C=O) groups is 2. The van der Waals surface area contributed by atoms with E-state index in [1.807, 2.05) is 37.4 Å². The van der Waals surface area contributed by atoms with Gasteiger partial charge in [0.25, 0.3) is 0 Å². The lowest BCUT2D eigenvalue weighted by Gasteiger charge is -2.34. The van der Waals surface area contributed by atoms with Gasteiger partial charge in [0, 0.05) is 36.3 Å². The summed E-state index contributed by atoms with van der Waals surface area (Å²) in [5.74, 6) is 0.460. The number of amides is 1. The number of ether oxygens (including phenoxy) is 2. The number of hydrogen-bond acceptors (Lipinski definition) is 6. The van der Waals surface area contributed by atoms with E-state index in [0.717, 1.165) is 72.2 Å². The summed E-state index contributed by atoms with van der Waals surface area (Å²) < 4.78 is 13.2. The van der Waals surface area contributed by atoms with Crippen molar-refractivity contribution in [1.29, 1.82) is 0 Å². The minimum atomic E-state index is -0.726. The molecule has 1 amide bonds. The van der Waals surface area contributed by atoms with E-state index in [9.17, 15) is 14.7 Å². The van der Waals surface area contributed by atoms with Crippen molar-refractivity contribution in [2.75, 3.05) is 12.0 Å². The zero-order chi connectivity index (χ0) is 26.4. The van der Waals surface area contributed by atoms with Crippen LogP contribution in [0.15, 0.2) is 30.5 Å². The smallest absolute Gasteiger partial charge is 0.414 e. The van der Waals surface area contributed by atoms with Gasteiger partial charge in [-0.3, -0.25) is 9.69 Å². The summed E-state index contributed by atoms with van der Waals surface area (Å²) in [7, 11) is 1.41. The minimum absolute atomic E-state index is 0.0334. The maximum absolute atomic E-state index is 12.6. The molecule has 1 aliphatic heterocycles. The van der Waals surface area contributed by atoms with E-state index in [0.29, 0.717) is 31.2 Å². The van der Waals surface area contributed by atoms with Gasteiger partial charge in [-0.05, 0) is 69.6 Å². The Labute approximate surface area is 221 Å². The number of rotatable bonds is 6. The van der Waals surface area contributed by atoms with Crippen molar-refractivity contribution in [3.05, 3.63) is 47.4 Å². The van der Waals surface area contributed by atoms with Crippen molar-refractivity contribution in [1.82, 2.24) is 14.5 Å². The molecule has 3 heterocycles. The Balaban J connectivity index is 1.42. The van der Waals surface area contributed by atoms with Gasteiger partial charge in [0.1, 0.15) is 11.9 Å². The third kappa shape index (κ3) is 4.59. The van der Waals surface area contributed by atoms with Crippen LogP contribution in [-0.4, -0.2) is 51.0 Å². The summed E-state index contributed by atoms with van der Waals surface area (Å²) in [6.07, 6.45) is 9.23. The van der Waals surface area contributed by atoms with E-state index in [1.54, 1.807) is 4.90 Å². The Kier molecular flexibility index (Phi) is 6.45. The summed E-state index contributed by atoms with van der Waals surface area (Å²) in [6.45, 7) is 2.03. The maximum Gasteiger partial charge on any atom is 0.414 e. The normalized spacial score (nSPS) is 23.2. The van der Waals surface area contributed by atoms with Crippen molar-refractivity contribution < 1.29 is 24.2 Å². The van der Waals surface area contributed by atoms with Crippen molar-refractivity contribution in [3.8, 4) is 5.88 Å².